The molecule has 0 spiro atoms. The highest BCUT2D eigenvalue weighted by molar-refractivity contribution is 6.30. The number of ether oxygens (including phenoxy) is 1. The highest BCUT2D eigenvalue weighted by atomic mass is 35.5. The van der Waals surface area contributed by atoms with Gasteiger partial charge in [0.1, 0.15) is 12.3 Å². The van der Waals surface area contributed by atoms with E-state index in [9.17, 15) is 22.8 Å². The van der Waals surface area contributed by atoms with Gasteiger partial charge >= 0.3 is 18.2 Å². The van der Waals surface area contributed by atoms with Crippen LogP contribution in [0.1, 0.15) is 34.8 Å². The Kier molecular flexibility index (Phi) is 7.39. The molecule has 1 atom stereocenters. The van der Waals surface area contributed by atoms with Crippen molar-refractivity contribution in [3.63, 3.8) is 0 Å². The number of benzene rings is 2. The van der Waals surface area contributed by atoms with Crippen LogP contribution in [0, 0.1) is 11.8 Å². The third-order valence-electron chi connectivity index (χ3n) is 5.85. The lowest BCUT2D eigenvalue weighted by Gasteiger charge is -2.22. The third kappa shape index (κ3) is 5.89. The molecule has 2 amide bonds. The van der Waals surface area contributed by atoms with E-state index >= 15 is 0 Å². The maximum atomic E-state index is 13.1. The van der Waals surface area contributed by atoms with Gasteiger partial charge < -0.3 is 10.1 Å². The standard InChI is InChI=1S/C27H18ClF3N6O3/c28-20-7-3-17(4-8-20)23-11-13-34-37(23)26(39)35-21-9-5-19(16-40-25(38)27(29,30)31)18(14-21)6-10-22-15-32-24-2-1-12-33-36(22)24/h1-5,7-9,12-15,23H,11,16H2,(H,35,39). The molecule has 0 bridgehead atoms. The molecule has 0 saturated heterocycles. The number of nitrogens with zero attached hydrogens (tertiary/aromatic N) is 5. The molecule has 4 aromatic rings. The molecular weight excluding hydrogens is 549 g/mol. The molecule has 0 saturated carbocycles. The molecule has 0 fully saturated rings. The van der Waals surface area contributed by atoms with Crippen LogP contribution >= 0.6 is 11.6 Å². The fourth-order valence-electron chi connectivity index (χ4n) is 3.92. The molecule has 202 valence electrons. The Hall–Kier alpha value is -4.89. The first-order valence-electron chi connectivity index (χ1n) is 11.7. The number of hydrogen-bond acceptors (Lipinski definition) is 6. The summed E-state index contributed by atoms with van der Waals surface area (Å²) in [6.45, 7) is -0.683. The van der Waals surface area contributed by atoms with Crippen molar-refractivity contribution in [3.05, 3.63) is 94.4 Å². The van der Waals surface area contributed by atoms with E-state index in [1.807, 2.05) is 12.1 Å². The molecule has 0 radical (unpaired) electrons. The van der Waals surface area contributed by atoms with Crippen LogP contribution in [0.15, 0.2) is 72.1 Å². The fraction of sp³-hybridized carbons (Fsp3) is 0.148. The van der Waals surface area contributed by atoms with Gasteiger partial charge in [0, 0.05) is 40.7 Å². The normalized spacial score (nSPS) is 14.6. The van der Waals surface area contributed by atoms with Gasteiger partial charge in [-0.2, -0.15) is 23.4 Å². The predicted octanol–water partition coefficient (Wildman–Crippen LogP) is 5.35. The molecule has 3 heterocycles. The van der Waals surface area contributed by atoms with Gasteiger partial charge in [-0.1, -0.05) is 35.7 Å². The minimum Gasteiger partial charge on any atom is -0.454 e. The average molecular weight is 567 g/mol. The van der Waals surface area contributed by atoms with Crippen LogP contribution in [0.5, 0.6) is 0 Å². The summed E-state index contributed by atoms with van der Waals surface area (Å²) < 4.78 is 43.9. The molecule has 13 heteroatoms. The van der Waals surface area contributed by atoms with E-state index in [4.69, 9.17) is 11.6 Å². The van der Waals surface area contributed by atoms with Gasteiger partial charge in [-0.25, -0.2) is 24.1 Å². The molecule has 0 aliphatic carbocycles. The smallest absolute Gasteiger partial charge is 0.454 e. The van der Waals surface area contributed by atoms with Crippen molar-refractivity contribution in [2.24, 2.45) is 5.10 Å². The molecular formula is C27H18ClF3N6O3. The zero-order valence-corrected chi connectivity index (χ0v) is 21.1. The maximum Gasteiger partial charge on any atom is 0.490 e. The molecule has 1 unspecified atom stereocenters. The minimum absolute atomic E-state index is 0.197. The first-order valence-corrected chi connectivity index (χ1v) is 12.1. The molecule has 2 aromatic heterocycles. The Morgan fingerprint density at radius 2 is 1.93 bits per heavy atom. The number of amides is 2. The molecule has 2 aromatic carbocycles. The Balaban J connectivity index is 1.41. The number of hydrazone groups is 1. The summed E-state index contributed by atoms with van der Waals surface area (Å²) in [6.07, 6.45) is 0.0297. The van der Waals surface area contributed by atoms with Crippen molar-refractivity contribution in [3.8, 4) is 11.8 Å². The number of esters is 1. The number of halogens is 4. The number of anilines is 1. The summed E-state index contributed by atoms with van der Waals surface area (Å²) in [4.78, 5) is 28.6. The summed E-state index contributed by atoms with van der Waals surface area (Å²) in [5, 5.41) is 12.9. The van der Waals surface area contributed by atoms with Crippen molar-refractivity contribution >= 4 is 41.2 Å². The second kappa shape index (κ2) is 11.1. The van der Waals surface area contributed by atoms with Crippen LogP contribution in [0.4, 0.5) is 23.7 Å². The van der Waals surface area contributed by atoms with Crippen molar-refractivity contribution in [1.29, 1.82) is 0 Å². The second-order valence-corrected chi connectivity index (χ2v) is 8.95. The highest BCUT2D eigenvalue weighted by Crippen LogP contribution is 2.30. The fourth-order valence-corrected chi connectivity index (χ4v) is 4.05. The summed E-state index contributed by atoms with van der Waals surface area (Å²) in [5.74, 6) is 3.42. The quantitative estimate of drug-likeness (QED) is 0.265. The van der Waals surface area contributed by atoms with Crippen LogP contribution in [0.25, 0.3) is 5.65 Å². The monoisotopic (exact) mass is 566 g/mol. The Morgan fingerprint density at radius 3 is 2.70 bits per heavy atom. The van der Waals surface area contributed by atoms with Gasteiger partial charge in [-0.05, 0) is 47.9 Å². The van der Waals surface area contributed by atoms with Gasteiger partial charge in [0.2, 0.25) is 0 Å². The van der Waals surface area contributed by atoms with E-state index in [1.54, 1.807) is 36.7 Å². The number of carbonyl (C=O) groups excluding carboxylic acids is 2. The van der Waals surface area contributed by atoms with Gasteiger partial charge in [0.25, 0.3) is 0 Å². The minimum atomic E-state index is -5.14. The number of imidazole rings is 1. The third-order valence-corrected chi connectivity index (χ3v) is 6.10. The van der Waals surface area contributed by atoms with Gasteiger partial charge in [0.15, 0.2) is 5.65 Å². The lowest BCUT2D eigenvalue weighted by molar-refractivity contribution is -0.201. The lowest BCUT2D eigenvalue weighted by atomic mass is 10.0. The number of hydrogen-bond donors (Lipinski definition) is 1. The largest absolute Gasteiger partial charge is 0.490 e. The van der Waals surface area contributed by atoms with Crippen LogP contribution in [-0.4, -0.2) is 44.0 Å². The zero-order valence-electron chi connectivity index (χ0n) is 20.4. The summed E-state index contributed by atoms with van der Waals surface area (Å²) >= 11 is 5.97. The molecule has 40 heavy (non-hydrogen) atoms. The van der Waals surface area contributed by atoms with Gasteiger partial charge in [-0.15, -0.1) is 0 Å². The van der Waals surface area contributed by atoms with Crippen molar-refractivity contribution in [2.45, 2.75) is 25.2 Å². The topological polar surface area (TPSA) is 101 Å². The van der Waals surface area contributed by atoms with E-state index < -0.39 is 24.8 Å². The molecule has 5 rings (SSSR count). The second-order valence-electron chi connectivity index (χ2n) is 8.51. The van der Waals surface area contributed by atoms with Crippen LogP contribution in [0.2, 0.25) is 5.02 Å². The molecule has 1 aliphatic rings. The Labute approximate surface area is 230 Å². The number of rotatable bonds is 4. The van der Waals surface area contributed by atoms with Gasteiger partial charge in [0.05, 0.1) is 12.2 Å². The number of alkyl halides is 3. The van der Waals surface area contributed by atoms with E-state index in [2.05, 4.69) is 37.1 Å². The molecule has 9 nitrogen and oxygen atoms in total. The van der Waals surface area contributed by atoms with E-state index in [-0.39, 0.29) is 17.2 Å². The number of fused-ring (bicyclic) bond motifs is 1. The van der Waals surface area contributed by atoms with E-state index in [0.717, 1.165) is 5.56 Å². The molecule has 1 N–H and O–H groups in total. The van der Waals surface area contributed by atoms with E-state index in [0.29, 0.717) is 28.5 Å². The predicted molar refractivity (Wildman–Crippen MR) is 139 cm³/mol. The Bertz CT molecular complexity index is 1670. The number of urea groups is 1. The van der Waals surface area contributed by atoms with Crippen LogP contribution in [0.3, 0.4) is 0 Å². The van der Waals surface area contributed by atoms with Crippen molar-refractivity contribution in [1.82, 2.24) is 19.6 Å². The van der Waals surface area contributed by atoms with E-state index in [1.165, 1.54) is 33.9 Å². The van der Waals surface area contributed by atoms with Crippen molar-refractivity contribution < 1.29 is 27.5 Å². The maximum absolute atomic E-state index is 13.1. The number of aromatic nitrogens is 3. The summed E-state index contributed by atoms with van der Waals surface area (Å²) in [6, 6.07) is 14.0. The average Bonchev–Trinajstić information content (AvgIpc) is 3.59. The lowest BCUT2D eigenvalue weighted by Crippen LogP contribution is -2.31. The first kappa shape index (κ1) is 26.7. The summed E-state index contributed by atoms with van der Waals surface area (Å²) in [7, 11) is 0. The highest BCUT2D eigenvalue weighted by Gasteiger charge is 2.41. The zero-order chi connectivity index (χ0) is 28.3. The Morgan fingerprint density at radius 1 is 1.12 bits per heavy atom. The molecule has 1 aliphatic heterocycles. The SMILES string of the molecule is O=C(Nc1ccc(COC(=O)C(F)(F)F)c(C#Cc2cnc3cccnn23)c1)N1N=CCC1c1ccc(Cl)cc1. The first-order chi connectivity index (χ1) is 19.2. The van der Waals surface area contributed by atoms with Crippen molar-refractivity contribution in [2.75, 3.05) is 5.32 Å². The summed E-state index contributed by atoms with van der Waals surface area (Å²) in [5.41, 5.74) is 2.52. The van der Waals surface area contributed by atoms with Gasteiger partial charge in [-0.3, -0.25) is 0 Å². The van der Waals surface area contributed by atoms with Crippen LogP contribution in [-0.2, 0) is 16.1 Å². The van der Waals surface area contributed by atoms with Crippen LogP contribution < -0.4 is 5.32 Å². The number of nitrogens with one attached hydrogen (secondary N) is 1. The number of carbonyl (C=O) groups is 2.